The number of nitrogens with two attached hydrogens (primary N) is 6. The molecule has 3 aliphatic rings. The molecule has 23 N–H and O–H groups in total. The van der Waals surface area contributed by atoms with Crippen LogP contribution >= 0.6 is 11.8 Å². The minimum atomic E-state index is -1.72. The Hall–Kier alpha value is -11.5. The van der Waals surface area contributed by atoms with Crippen LogP contribution in [-0.2, 0) is 84.8 Å². The third-order valence-corrected chi connectivity index (χ3v) is 21.8. The topological polar surface area (TPSA) is 566 Å². The van der Waals surface area contributed by atoms with E-state index in [-0.39, 0.29) is 95.8 Å². The highest BCUT2D eigenvalue weighted by molar-refractivity contribution is 7.98. The molecule has 15 amide bonds. The van der Waals surface area contributed by atoms with E-state index in [0.717, 1.165) is 0 Å². The second-order valence-electron chi connectivity index (χ2n) is 30.6. The van der Waals surface area contributed by atoms with Gasteiger partial charge in [0.1, 0.15) is 66.5 Å². The number of carbonyl (C=O) groups excluding carboxylic acids is 15. The lowest BCUT2D eigenvalue weighted by Crippen LogP contribution is -2.61. The fourth-order valence-electron chi connectivity index (χ4n) is 15.0. The average molecular weight is 1670 g/mol. The summed E-state index contributed by atoms with van der Waals surface area (Å²) in [6.45, 7) is 3.99. The minimum absolute atomic E-state index is 0.0486. The zero-order valence-corrected chi connectivity index (χ0v) is 68.7. The van der Waals surface area contributed by atoms with Gasteiger partial charge in [-0.05, 0) is 143 Å². The van der Waals surface area contributed by atoms with E-state index in [2.05, 4.69) is 53.2 Å². The fraction of sp³-hybridized carbons (Fsp3) is 0.518. The van der Waals surface area contributed by atoms with Crippen molar-refractivity contribution < 1.29 is 71.9 Å². The molecule has 119 heavy (non-hydrogen) atoms. The summed E-state index contributed by atoms with van der Waals surface area (Å²) in [5, 5.41) is 34.7. The standard InChI is InChI=1S/C83H118N20O15S/c1-50(2)46-60(74(110)94-56(71(88)107)39-45-119-3)93-68(106)49-92-76(112)63-32-19-43-102(63)82(118)62(48-52-24-10-5-11-25-52)99-79(115)70(69(53-26-12-6-13-27-53)54-28-14-7-15-29-54)100-75(111)61(47-51-22-8-4-9-23-51)98-73(109)57(35-37-66(86)104)95-72(108)58(36-38-67(87)105)96-77(113)65-34-21-44-103(65)81(117)59(31-16-17-40-84)97-78(114)64-33-20-42-101(64)80(116)55(85)30-18-41-91-83(89)90/h4-15,22-29,50,55-65,69-70H,16-21,30-49,84-85H2,1-3H3,(H2,86,104)(H2,87,105)(H2,88,107)(H,92,112)(H,93,106)(H,94,110)(H,95,108)(H,96,113)(H,97,114)(H,98,109)(H,99,115)(H,100,111)(H4,89,90,91)/t55-,56-,57-,58-,59-,60-,61-,62-,63-,64-,65-,70-/m0/s1. The monoisotopic (exact) mass is 1670 g/mol. The zero-order valence-electron chi connectivity index (χ0n) is 67.9. The molecule has 0 unspecified atom stereocenters. The average Bonchev–Trinajstić information content (AvgIpc) is 0.945. The first kappa shape index (κ1) is 94.6. The number of primary amides is 3. The highest BCUT2D eigenvalue weighted by Gasteiger charge is 2.45. The molecule has 7 rings (SSSR count). The predicted molar refractivity (Wildman–Crippen MR) is 446 cm³/mol. The number of carbonyl (C=O) groups is 15. The summed E-state index contributed by atoms with van der Waals surface area (Å²) in [4.78, 5) is 217. The molecule has 36 heteroatoms. The molecule has 4 aromatic rings. The van der Waals surface area contributed by atoms with Crippen molar-refractivity contribution in [1.82, 2.24) is 67.9 Å². The predicted octanol–water partition coefficient (Wildman–Crippen LogP) is -1.19. The van der Waals surface area contributed by atoms with Gasteiger partial charge in [-0.3, -0.25) is 77.3 Å². The van der Waals surface area contributed by atoms with Crippen LogP contribution in [0.5, 0.6) is 0 Å². The van der Waals surface area contributed by atoms with E-state index in [4.69, 9.17) is 39.8 Å². The maximum atomic E-state index is 16.0. The number of benzene rings is 4. The molecule has 0 bridgehead atoms. The van der Waals surface area contributed by atoms with Crippen molar-refractivity contribution in [3.63, 3.8) is 0 Å². The molecule has 3 fully saturated rings. The summed E-state index contributed by atoms with van der Waals surface area (Å²) in [7, 11) is 0. The van der Waals surface area contributed by atoms with Crippen molar-refractivity contribution in [3.8, 4) is 0 Å². The van der Waals surface area contributed by atoms with Gasteiger partial charge in [-0.2, -0.15) is 11.8 Å². The molecular formula is C83H118N20O15S. The van der Waals surface area contributed by atoms with E-state index >= 15 is 19.2 Å². The largest absolute Gasteiger partial charge is 0.370 e. The van der Waals surface area contributed by atoms with Gasteiger partial charge in [0.25, 0.3) is 0 Å². The number of amides is 15. The number of unbranched alkanes of at least 4 members (excludes halogenated alkanes) is 1. The van der Waals surface area contributed by atoms with Gasteiger partial charge < -0.3 is 102 Å². The van der Waals surface area contributed by atoms with Gasteiger partial charge in [0.05, 0.1) is 12.6 Å². The second-order valence-corrected chi connectivity index (χ2v) is 31.6. The zero-order chi connectivity index (χ0) is 86.7. The van der Waals surface area contributed by atoms with Gasteiger partial charge in [0, 0.05) is 57.8 Å². The number of nitrogens with one attached hydrogen (secondary N) is 11. The van der Waals surface area contributed by atoms with Crippen LogP contribution in [0, 0.1) is 11.3 Å². The molecule has 0 saturated carbocycles. The van der Waals surface area contributed by atoms with E-state index in [1.807, 2.05) is 20.1 Å². The Bertz CT molecular complexity index is 4080. The van der Waals surface area contributed by atoms with Crippen LogP contribution in [-0.4, -0.2) is 233 Å². The van der Waals surface area contributed by atoms with E-state index in [0.29, 0.717) is 73.1 Å². The van der Waals surface area contributed by atoms with Crippen LogP contribution in [0.2, 0.25) is 0 Å². The van der Waals surface area contributed by atoms with E-state index in [9.17, 15) is 52.7 Å². The number of rotatable bonds is 48. The van der Waals surface area contributed by atoms with Crippen LogP contribution in [0.15, 0.2) is 121 Å². The van der Waals surface area contributed by atoms with Crippen molar-refractivity contribution in [1.29, 1.82) is 5.41 Å². The molecule has 0 aliphatic carbocycles. The highest BCUT2D eigenvalue weighted by atomic mass is 32.2. The molecular weight excluding hydrogens is 1550 g/mol. The number of hydrogen-bond donors (Lipinski definition) is 17. The van der Waals surface area contributed by atoms with E-state index < -0.39 is 199 Å². The molecule has 12 atom stereocenters. The Morgan fingerprint density at radius 2 is 0.891 bits per heavy atom. The minimum Gasteiger partial charge on any atom is -0.370 e. The van der Waals surface area contributed by atoms with E-state index in [1.54, 1.807) is 121 Å². The molecule has 646 valence electrons. The smallest absolute Gasteiger partial charge is 0.246 e. The Morgan fingerprint density at radius 1 is 0.454 bits per heavy atom. The third kappa shape index (κ3) is 29.8. The van der Waals surface area contributed by atoms with Gasteiger partial charge in [0.15, 0.2) is 5.96 Å². The molecule has 0 spiro atoms. The molecule has 0 radical (unpaired) electrons. The Labute approximate surface area is 697 Å². The number of likely N-dealkylation sites (tertiary alicyclic amines) is 3. The Kier molecular flexibility index (Phi) is 38.5. The van der Waals surface area contributed by atoms with Crippen LogP contribution in [0.25, 0.3) is 0 Å². The van der Waals surface area contributed by atoms with Gasteiger partial charge >= 0.3 is 0 Å². The number of thioether (sulfide) groups is 1. The van der Waals surface area contributed by atoms with Crippen molar-refractivity contribution in [2.24, 2.45) is 40.3 Å². The summed E-state index contributed by atoms with van der Waals surface area (Å²) in [6, 6.07) is 19.0. The lowest BCUT2D eigenvalue weighted by atomic mass is 9.84. The third-order valence-electron chi connectivity index (χ3n) is 21.1. The summed E-state index contributed by atoms with van der Waals surface area (Å²) in [5.41, 5.74) is 36.6. The van der Waals surface area contributed by atoms with Crippen molar-refractivity contribution >= 4 is 106 Å². The van der Waals surface area contributed by atoms with Crippen LogP contribution in [0.3, 0.4) is 0 Å². The van der Waals surface area contributed by atoms with Crippen LogP contribution < -0.4 is 87.6 Å². The second kappa shape index (κ2) is 48.4. The number of guanidine groups is 1. The van der Waals surface area contributed by atoms with E-state index in [1.165, 1.54) is 26.5 Å². The first-order valence-electron chi connectivity index (χ1n) is 40.7. The number of hydrogen-bond acceptors (Lipinski definition) is 19. The van der Waals surface area contributed by atoms with Crippen molar-refractivity contribution in [3.05, 3.63) is 144 Å². The molecule has 3 heterocycles. The molecule has 3 aliphatic heterocycles. The quantitative estimate of drug-likeness (QED) is 0.0140. The number of nitrogens with zero attached hydrogens (tertiary/aromatic N) is 3. The van der Waals surface area contributed by atoms with Gasteiger partial charge in [-0.1, -0.05) is 135 Å². The van der Waals surface area contributed by atoms with Crippen LogP contribution in [0.4, 0.5) is 0 Å². The molecule has 0 aromatic heterocycles. The normalized spacial score (nSPS) is 17.3. The molecule has 4 aromatic carbocycles. The first-order valence-corrected chi connectivity index (χ1v) is 42.0. The summed E-state index contributed by atoms with van der Waals surface area (Å²) < 4.78 is 0. The van der Waals surface area contributed by atoms with Crippen molar-refractivity contribution in [2.75, 3.05) is 51.3 Å². The molecule has 3 saturated heterocycles. The first-order chi connectivity index (χ1) is 57.0. The van der Waals surface area contributed by atoms with Gasteiger partial charge in [0.2, 0.25) is 88.6 Å². The maximum absolute atomic E-state index is 16.0. The molecule has 35 nitrogen and oxygen atoms in total. The summed E-state index contributed by atoms with van der Waals surface area (Å²) in [5.74, 6) is -12.6. The Balaban J connectivity index is 1.14. The lowest BCUT2D eigenvalue weighted by molar-refractivity contribution is -0.144. The maximum Gasteiger partial charge on any atom is 0.246 e. The summed E-state index contributed by atoms with van der Waals surface area (Å²) >= 11 is 1.46. The summed E-state index contributed by atoms with van der Waals surface area (Å²) in [6.07, 6.45) is 3.25. The lowest BCUT2D eigenvalue weighted by Gasteiger charge is -2.33. The fourth-order valence-corrected chi connectivity index (χ4v) is 15.5. The van der Waals surface area contributed by atoms with Gasteiger partial charge in [-0.25, -0.2) is 0 Å². The van der Waals surface area contributed by atoms with Crippen molar-refractivity contribution in [2.45, 2.75) is 214 Å². The van der Waals surface area contributed by atoms with Gasteiger partial charge in [-0.15, -0.1) is 0 Å². The SMILES string of the molecule is CSCC[C@H](NC(=O)[C@H](CC(C)C)NC(=O)CNC(=O)[C@@H]1CCCN1C(=O)[C@H](Cc1ccccc1)NC(=O)[C@@H](NC(=O)[C@H](Cc1ccccc1)NC(=O)[C@H](CCC(N)=O)NC(=O)[C@H](CCC(N)=O)NC(=O)[C@@H]1CCCN1C(=O)[C@H](CCCCN)NC(=O)[C@@H]1CCCN1C(=O)[C@@H](N)CCCNC(=N)N)C(c1ccccc1)c1ccccc1)C(N)=O. The highest BCUT2D eigenvalue weighted by Crippen LogP contribution is 2.31. The van der Waals surface area contributed by atoms with Crippen LogP contribution in [0.1, 0.15) is 151 Å². The Morgan fingerprint density at radius 3 is 1.38 bits per heavy atom.